The first-order chi connectivity index (χ1) is 17.2. The average Bonchev–Trinajstić information content (AvgIpc) is 2.87. The molecular formula is C24H23ClN6O5. The van der Waals surface area contributed by atoms with Gasteiger partial charge >= 0.3 is 11.8 Å². The summed E-state index contributed by atoms with van der Waals surface area (Å²) in [4.78, 5) is 54.8. The van der Waals surface area contributed by atoms with E-state index in [1.807, 2.05) is 0 Å². The second-order valence-electron chi connectivity index (χ2n) is 7.77. The number of benzene rings is 1. The monoisotopic (exact) mass is 510 g/mol. The van der Waals surface area contributed by atoms with Crippen LogP contribution >= 0.6 is 11.6 Å². The standard InChI is InChI=1S/C24H23ClN6O5/c1-30(2)24(35)18(14-27-22(33)23(34)29-20-11-10-17(25)13-26-20)28-21(32)16-8-6-15(7-9-16)19-5-3-4-12-31(19)36/h3-13,18H,14H2,1-2H3,(H,27,33)(H,28,32)(H,26,29,34). The van der Waals surface area contributed by atoms with Crippen LogP contribution in [-0.2, 0) is 14.4 Å². The number of hydrogen-bond donors (Lipinski definition) is 3. The lowest BCUT2D eigenvalue weighted by molar-refractivity contribution is -0.593. The molecule has 3 aromatic rings. The molecule has 0 aliphatic rings. The fourth-order valence-electron chi connectivity index (χ4n) is 3.10. The number of nitrogens with zero attached hydrogens (tertiary/aromatic N) is 3. The van der Waals surface area contributed by atoms with E-state index in [-0.39, 0.29) is 17.9 Å². The molecule has 1 atom stereocenters. The van der Waals surface area contributed by atoms with E-state index in [9.17, 15) is 24.4 Å². The number of amides is 4. The molecule has 186 valence electrons. The first-order valence-electron chi connectivity index (χ1n) is 10.7. The van der Waals surface area contributed by atoms with Crippen molar-refractivity contribution in [3.63, 3.8) is 0 Å². The maximum atomic E-state index is 12.8. The minimum atomic E-state index is -1.14. The number of nitrogens with one attached hydrogen (secondary N) is 3. The molecule has 3 rings (SSSR count). The minimum absolute atomic E-state index is 0.121. The van der Waals surface area contributed by atoms with Gasteiger partial charge < -0.3 is 26.1 Å². The van der Waals surface area contributed by atoms with Crippen molar-refractivity contribution in [3.8, 4) is 11.3 Å². The normalized spacial score (nSPS) is 11.2. The number of pyridine rings is 2. The highest BCUT2D eigenvalue weighted by atomic mass is 35.5. The highest BCUT2D eigenvalue weighted by molar-refractivity contribution is 6.39. The molecule has 0 aliphatic heterocycles. The van der Waals surface area contributed by atoms with Crippen LogP contribution in [0, 0.1) is 5.21 Å². The van der Waals surface area contributed by atoms with Gasteiger partial charge in [0.1, 0.15) is 11.9 Å². The summed E-state index contributed by atoms with van der Waals surface area (Å²) < 4.78 is 0.711. The molecule has 3 N–H and O–H groups in total. The Kier molecular flexibility index (Phi) is 8.52. The molecule has 0 fully saturated rings. The molecule has 12 heteroatoms. The number of anilines is 1. The summed E-state index contributed by atoms with van der Waals surface area (Å²) in [5, 5.41) is 19.5. The van der Waals surface area contributed by atoms with Crippen LogP contribution in [0.5, 0.6) is 0 Å². The van der Waals surface area contributed by atoms with E-state index < -0.39 is 29.7 Å². The SMILES string of the molecule is CN(C)C(=O)C(CNC(=O)C(=O)Nc1ccc(Cl)cn1)NC(=O)c1ccc(-c2cccc[n+]2[O-])cc1. The van der Waals surface area contributed by atoms with Gasteiger partial charge in [-0.2, -0.15) is 4.73 Å². The quantitative estimate of drug-likeness (QED) is 0.245. The highest BCUT2D eigenvalue weighted by Gasteiger charge is 2.25. The van der Waals surface area contributed by atoms with Gasteiger partial charge in [-0.05, 0) is 42.5 Å². The Balaban J connectivity index is 1.64. The van der Waals surface area contributed by atoms with Crippen molar-refractivity contribution in [2.24, 2.45) is 0 Å². The maximum absolute atomic E-state index is 12.8. The molecule has 1 unspecified atom stereocenters. The zero-order chi connectivity index (χ0) is 26.2. The number of halogens is 1. The molecule has 4 amide bonds. The van der Waals surface area contributed by atoms with Crippen LogP contribution in [-0.4, -0.2) is 60.2 Å². The average molecular weight is 511 g/mol. The van der Waals surface area contributed by atoms with Gasteiger partial charge in [0.2, 0.25) is 11.6 Å². The largest absolute Gasteiger partial charge is 0.618 e. The molecule has 36 heavy (non-hydrogen) atoms. The van der Waals surface area contributed by atoms with E-state index >= 15 is 0 Å². The molecule has 0 spiro atoms. The summed E-state index contributed by atoms with van der Waals surface area (Å²) in [5.41, 5.74) is 1.26. The second-order valence-corrected chi connectivity index (χ2v) is 8.21. The van der Waals surface area contributed by atoms with Crippen LogP contribution in [0.3, 0.4) is 0 Å². The third-order valence-corrected chi connectivity index (χ3v) is 5.18. The fraction of sp³-hybridized carbons (Fsp3) is 0.167. The molecule has 0 saturated heterocycles. The van der Waals surface area contributed by atoms with Gasteiger partial charge in [0.05, 0.1) is 5.02 Å². The van der Waals surface area contributed by atoms with Crippen molar-refractivity contribution >= 4 is 41.0 Å². The third-order valence-electron chi connectivity index (χ3n) is 4.95. The van der Waals surface area contributed by atoms with Gasteiger partial charge in [0, 0.05) is 50.1 Å². The fourth-order valence-corrected chi connectivity index (χ4v) is 3.21. The van der Waals surface area contributed by atoms with E-state index in [1.54, 1.807) is 30.3 Å². The van der Waals surface area contributed by atoms with E-state index in [4.69, 9.17) is 11.6 Å². The Hall–Kier alpha value is -4.51. The highest BCUT2D eigenvalue weighted by Crippen LogP contribution is 2.16. The van der Waals surface area contributed by atoms with Gasteiger partial charge in [0.15, 0.2) is 6.20 Å². The van der Waals surface area contributed by atoms with Crippen LogP contribution < -0.4 is 20.7 Å². The van der Waals surface area contributed by atoms with Gasteiger partial charge in [0.25, 0.3) is 5.91 Å². The van der Waals surface area contributed by atoms with Crippen molar-refractivity contribution in [3.05, 3.63) is 82.8 Å². The van der Waals surface area contributed by atoms with Crippen molar-refractivity contribution in [1.29, 1.82) is 0 Å². The van der Waals surface area contributed by atoms with Crippen LogP contribution in [0.4, 0.5) is 5.82 Å². The zero-order valence-electron chi connectivity index (χ0n) is 19.4. The number of likely N-dealkylation sites (N-methyl/N-ethyl adjacent to an activating group) is 1. The minimum Gasteiger partial charge on any atom is -0.618 e. The van der Waals surface area contributed by atoms with E-state index in [0.29, 0.717) is 21.0 Å². The number of aromatic nitrogens is 2. The molecule has 0 saturated carbocycles. The Morgan fingerprint density at radius 1 is 1.03 bits per heavy atom. The summed E-state index contributed by atoms with van der Waals surface area (Å²) in [6.07, 6.45) is 2.68. The third kappa shape index (κ3) is 6.76. The smallest absolute Gasteiger partial charge is 0.314 e. The van der Waals surface area contributed by atoms with Crippen molar-refractivity contribution in [1.82, 2.24) is 20.5 Å². The number of carbonyl (C=O) groups excluding carboxylic acids is 4. The lowest BCUT2D eigenvalue weighted by Gasteiger charge is -2.22. The predicted octanol–water partition coefficient (Wildman–Crippen LogP) is 0.977. The van der Waals surface area contributed by atoms with E-state index in [1.165, 1.54) is 55.7 Å². The van der Waals surface area contributed by atoms with E-state index in [2.05, 4.69) is 20.9 Å². The van der Waals surface area contributed by atoms with E-state index in [0.717, 1.165) is 0 Å². The molecule has 2 aromatic heterocycles. The summed E-state index contributed by atoms with van der Waals surface area (Å²) >= 11 is 5.74. The van der Waals surface area contributed by atoms with Crippen LogP contribution in [0.2, 0.25) is 5.02 Å². The molecule has 11 nitrogen and oxygen atoms in total. The van der Waals surface area contributed by atoms with Crippen molar-refractivity contribution in [2.45, 2.75) is 6.04 Å². The Morgan fingerprint density at radius 3 is 2.36 bits per heavy atom. The lowest BCUT2D eigenvalue weighted by atomic mass is 10.1. The van der Waals surface area contributed by atoms with Crippen LogP contribution in [0.15, 0.2) is 67.0 Å². The molecule has 0 bridgehead atoms. The first kappa shape index (κ1) is 26.1. The van der Waals surface area contributed by atoms with Crippen molar-refractivity contribution < 1.29 is 23.9 Å². The Morgan fingerprint density at radius 2 is 1.75 bits per heavy atom. The van der Waals surface area contributed by atoms with Crippen LogP contribution in [0.25, 0.3) is 11.3 Å². The maximum Gasteiger partial charge on any atom is 0.314 e. The van der Waals surface area contributed by atoms with Gasteiger partial charge in [-0.3, -0.25) is 19.2 Å². The lowest BCUT2D eigenvalue weighted by Crippen LogP contribution is -2.53. The van der Waals surface area contributed by atoms with Gasteiger partial charge in [-0.25, -0.2) is 4.98 Å². The van der Waals surface area contributed by atoms with Crippen molar-refractivity contribution in [2.75, 3.05) is 26.0 Å². The van der Waals surface area contributed by atoms with Gasteiger partial charge in [-0.15, -0.1) is 0 Å². The molecule has 0 aliphatic carbocycles. The summed E-state index contributed by atoms with van der Waals surface area (Å²) in [7, 11) is 2.99. The topological polar surface area (TPSA) is 147 Å². The molecule has 2 heterocycles. The first-order valence-corrected chi connectivity index (χ1v) is 11.0. The Labute approximate surface area is 211 Å². The summed E-state index contributed by atoms with van der Waals surface area (Å²) in [5.74, 6) is -2.96. The van der Waals surface area contributed by atoms with Gasteiger partial charge in [-0.1, -0.05) is 11.6 Å². The second kappa shape index (κ2) is 11.8. The zero-order valence-corrected chi connectivity index (χ0v) is 20.2. The molecular weight excluding hydrogens is 488 g/mol. The molecule has 1 aromatic carbocycles. The number of hydrogen-bond acceptors (Lipinski definition) is 6. The summed E-state index contributed by atoms with van der Waals surface area (Å²) in [6, 6.07) is 13.0. The molecule has 0 radical (unpaired) electrons. The number of rotatable bonds is 7. The van der Waals surface area contributed by atoms with Crippen LogP contribution in [0.1, 0.15) is 10.4 Å². The summed E-state index contributed by atoms with van der Waals surface area (Å²) in [6.45, 7) is -0.332. The predicted molar refractivity (Wildman–Crippen MR) is 132 cm³/mol. The Bertz CT molecular complexity index is 1260. The number of carbonyl (C=O) groups is 4.